The number of aromatic nitrogens is 1. The van der Waals surface area contributed by atoms with Gasteiger partial charge < -0.3 is 14.6 Å². The molecular formula is C18H19NO5. The fourth-order valence-electron chi connectivity index (χ4n) is 2.76. The van der Waals surface area contributed by atoms with Gasteiger partial charge in [-0.3, -0.25) is 9.36 Å². The second kappa shape index (κ2) is 6.88. The van der Waals surface area contributed by atoms with Crippen molar-refractivity contribution in [2.24, 2.45) is 0 Å². The molecule has 0 spiro atoms. The van der Waals surface area contributed by atoms with Gasteiger partial charge in [-0.1, -0.05) is 0 Å². The number of hydrogen-bond donors (Lipinski definition) is 1. The summed E-state index contributed by atoms with van der Waals surface area (Å²) in [7, 11) is 0. The number of benzene rings is 1. The average Bonchev–Trinajstić information content (AvgIpc) is 3.07. The van der Waals surface area contributed by atoms with Crippen LogP contribution in [0.15, 0.2) is 41.3 Å². The number of carboxylic acids is 1. The molecule has 1 aromatic heterocycles. The zero-order valence-electron chi connectivity index (χ0n) is 13.4. The van der Waals surface area contributed by atoms with Gasteiger partial charge in [-0.2, -0.15) is 0 Å². The summed E-state index contributed by atoms with van der Waals surface area (Å²) in [5, 5.41) is 9.19. The van der Waals surface area contributed by atoms with Crippen molar-refractivity contribution < 1.29 is 19.4 Å². The largest absolute Gasteiger partial charge is 0.491 e. The van der Waals surface area contributed by atoms with Gasteiger partial charge in [0.25, 0.3) is 5.56 Å². The maximum atomic E-state index is 12.4. The number of carboxylic acid groups (broad SMARTS) is 1. The average molecular weight is 329 g/mol. The molecule has 1 fully saturated rings. The van der Waals surface area contributed by atoms with E-state index >= 15 is 0 Å². The highest BCUT2D eigenvalue weighted by Gasteiger charge is 2.17. The highest BCUT2D eigenvalue weighted by Crippen LogP contribution is 2.18. The number of aromatic carboxylic acids is 1. The van der Waals surface area contributed by atoms with Crippen molar-refractivity contribution in [1.82, 2.24) is 4.57 Å². The van der Waals surface area contributed by atoms with Crippen LogP contribution in [0.2, 0.25) is 0 Å². The van der Waals surface area contributed by atoms with Crippen LogP contribution in [0.4, 0.5) is 0 Å². The topological polar surface area (TPSA) is 77.8 Å². The van der Waals surface area contributed by atoms with Crippen LogP contribution in [0.3, 0.4) is 0 Å². The quantitative estimate of drug-likeness (QED) is 0.911. The van der Waals surface area contributed by atoms with E-state index in [4.69, 9.17) is 9.47 Å². The third-order valence-electron chi connectivity index (χ3n) is 4.09. The van der Waals surface area contributed by atoms with Gasteiger partial charge in [-0.25, -0.2) is 4.79 Å². The van der Waals surface area contributed by atoms with Crippen LogP contribution in [0, 0.1) is 6.92 Å². The minimum absolute atomic E-state index is 0.141. The second-order valence-electron chi connectivity index (χ2n) is 5.79. The Morgan fingerprint density at radius 2 is 2.08 bits per heavy atom. The van der Waals surface area contributed by atoms with E-state index in [-0.39, 0.29) is 11.7 Å². The lowest BCUT2D eigenvalue weighted by atomic mass is 10.1. The van der Waals surface area contributed by atoms with Crippen LogP contribution in [0.5, 0.6) is 5.75 Å². The third-order valence-corrected chi connectivity index (χ3v) is 4.09. The van der Waals surface area contributed by atoms with Crippen molar-refractivity contribution >= 4 is 5.97 Å². The van der Waals surface area contributed by atoms with E-state index in [2.05, 4.69) is 0 Å². The van der Waals surface area contributed by atoms with Crippen molar-refractivity contribution in [1.29, 1.82) is 0 Å². The Labute approximate surface area is 139 Å². The molecule has 0 saturated carbocycles. The molecule has 1 aromatic carbocycles. The van der Waals surface area contributed by atoms with E-state index in [0.29, 0.717) is 23.6 Å². The number of rotatable bonds is 5. The molecule has 0 amide bonds. The Bertz CT molecular complexity index is 788. The minimum Gasteiger partial charge on any atom is -0.491 e. The maximum absolute atomic E-state index is 12.4. The molecular weight excluding hydrogens is 310 g/mol. The number of hydrogen-bond acceptors (Lipinski definition) is 4. The summed E-state index contributed by atoms with van der Waals surface area (Å²) in [6, 6.07) is 8.60. The number of aryl methyl sites for hydroxylation is 1. The summed E-state index contributed by atoms with van der Waals surface area (Å²) in [6.07, 6.45) is 3.79. The summed E-state index contributed by atoms with van der Waals surface area (Å²) in [6.45, 7) is 2.90. The van der Waals surface area contributed by atoms with Gasteiger partial charge in [0, 0.05) is 18.5 Å². The number of pyridine rings is 1. The summed E-state index contributed by atoms with van der Waals surface area (Å²) >= 11 is 0. The molecule has 6 heteroatoms. The molecule has 1 saturated heterocycles. The maximum Gasteiger partial charge on any atom is 0.341 e. The first-order valence-electron chi connectivity index (χ1n) is 7.86. The Morgan fingerprint density at radius 1 is 1.33 bits per heavy atom. The zero-order chi connectivity index (χ0) is 17.1. The molecule has 0 bridgehead atoms. The molecule has 24 heavy (non-hydrogen) atoms. The molecule has 1 atom stereocenters. The molecule has 1 aliphatic heterocycles. The van der Waals surface area contributed by atoms with Gasteiger partial charge in [0.1, 0.15) is 17.9 Å². The molecule has 0 aliphatic carbocycles. The van der Waals surface area contributed by atoms with Crippen molar-refractivity contribution in [2.75, 3.05) is 13.2 Å². The Morgan fingerprint density at radius 3 is 2.71 bits per heavy atom. The predicted molar refractivity (Wildman–Crippen MR) is 88.2 cm³/mol. The van der Waals surface area contributed by atoms with Crippen LogP contribution >= 0.6 is 0 Å². The number of nitrogens with zero attached hydrogens (tertiary/aromatic N) is 1. The predicted octanol–water partition coefficient (Wildman–Crippen LogP) is 2.40. The number of ether oxygens (including phenoxy) is 2. The second-order valence-corrected chi connectivity index (χ2v) is 5.79. The smallest absolute Gasteiger partial charge is 0.341 e. The number of carbonyl (C=O) groups is 1. The van der Waals surface area contributed by atoms with Gasteiger partial charge in [-0.15, -0.1) is 0 Å². The standard InChI is InChI=1S/C18H19NO5/c1-12-8-9-19(17(20)16(12)18(21)22)13-4-6-14(7-5-13)24-11-15-3-2-10-23-15/h4-9,15H,2-3,10-11H2,1H3,(H,21,22). The first kappa shape index (κ1) is 16.3. The highest BCUT2D eigenvalue weighted by molar-refractivity contribution is 5.88. The van der Waals surface area contributed by atoms with E-state index < -0.39 is 11.5 Å². The molecule has 3 rings (SSSR count). The fourth-order valence-corrected chi connectivity index (χ4v) is 2.76. The Hall–Kier alpha value is -2.60. The third kappa shape index (κ3) is 3.33. The normalized spacial score (nSPS) is 17.0. The molecule has 1 N–H and O–H groups in total. The van der Waals surface area contributed by atoms with E-state index in [1.807, 2.05) is 0 Å². The molecule has 2 aromatic rings. The van der Waals surface area contributed by atoms with Gasteiger partial charge in [-0.05, 0) is 55.7 Å². The zero-order valence-corrected chi connectivity index (χ0v) is 13.4. The summed E-state index contributed by atoms with van der Waals surface area (Å²) in [5.41, 5.74) is 0.277. The summed E-state index contributed by atoms with van der Waals surface area (Å²) in [5.74, 6) is -0.531. The van der Waals surface area contributed by atoms with Crippen LogP contribution in [0.25, 0.3) is 5.69 Å². The summed E-state index contributed by atoms with van der Waals surface area (Å²) in [4.78, 5) is 23.6. The molecule has 2 heterocycles. The molecule has 126 valence electrons. The lowest BCUT2D eigenvalue weighted by Gasteiger charge is -2.12. The lowest BCUT2D eigenvalue weighted by Crippen LogP contribution is -2.26. The highest BCUT2D eigenvalue weighted by atomic mass is 16.5. The van der Waals surface area contributed by atoms with Crippen LogP contribution in [0.1, 0.15) is 28.8 Å². The van der Waals surface area contributed by atoms with Crippen LogP contribution in [-0.4, -0.2) is 35.0 Å². The van der Waals surface area contributed by atoms with E-state index in [9.17, 15) is 14.7 Å². The lowest BCUT2D eigenvalue weighted by molar-refractivity contribution is 0.0679. The van der Waals surface area contributed by atoms with Crippen LogP contribution < -0.4 is 10.3 Å². The molecule has 6 nitrogen and oxygen atoms in total. The van der Waals surface area contributed by atoms with Crippen molar-refractivity contribution in [3.8, 4) is 11.4 Å². The molecule has 1 unspecified atom stereocenters. The first-order valence-corrected chi connectivity index (χ1v) is 7.86. The first-order chi connectivity index (χ1) is 11.6. The van der Waals surface area contributed by atoms with Gasteiger partial charge >= 0.3 is 5.97 Å². The summed E-state index contributed by atoms with van der Waals surface area (Å²) < 4.78 is 12.5. The van der Waals surface area contributed by atoms with Gasteiger partial charge in [0.2, 0.25) is 0 Å². The van der Waals surface area contributed by atoms with E-state index in [1.165, 1.54) is 4.57 Å². The molecule has 1 aliphatic rings. The van der Waals surface area contributed by atoms with Crippen molar-refractivity contribution in [2.45, 2.75) is 25.9 Å². The van der Waals surface area contributed by atoms with E-state index in [0.717, 1.165) is 19.4 Å². The van der Waals surface area contributed by atoms with Crippen molar-refractivity contribution in [3.63, 3.8) is 0 Å². The van der Waals surface area contributed by atoms with Gasteiger partial charge in [0.15, 0.2) is 0 Å². The minimum atomic E-state index is -1.22. The molecule has 0 radical (unpaired) electrons. The van der Waals surface area contributed by atoms with Crippen LogP contribution in [-0.2, 0) is 4.74 Å². The van der Waals surface area contributed by atoms with Crippen molar-refractivity contribution in [3.05, 3.63) is 58.0 Å². The monoisotopic (exact) mass is 329 g/mol. The SMILES string of the molecule is Cc1ccn(-c2ccc(OCC3CCCO3)cc2)c(=O)c1C(=O)O. The van der Waals surface area contributed by atoms with Gasteiger partial charge in [0.05, 0.1) is 6.10 Å². The Kier molecular flexibility index (Phi) is 4.66. The fraction of sp³-hybridized carbons (Fsp3) is 0.333. The van der Waals surface area contributed by atoms with E-state index in [1.54, 1.807) is 43.5 Å². The Balaban J connectivity index is 1.79.